The third kappa shape index (κ3) is 4.29. The van der Waals surface area contributed by atoms with Gasteiger partial charge in [-0.1, -0.05) is 13.0 Å². The molecule has 0 spiro atoms. The molecule has 1 heterocycles. The zero-order chi connectivity index (χ0) is 12.0. The van der Waals surface area contributed by atoms with E-state index >= 15 is 0 Å². The minimum absolute atomic E-state index is 0.237. The zero-order valence-corrected chi connectivity index (χ0v) is 10.4. The highest BCUT2D eigenvalue weighted by molar-refractivity contribution is 5.08. The van der Waals surface area contributed by atoms with E-state index in [-0.39, 0.29) is 6.10 Å². The van der Waals surface area contributed by atoms with Gasteiger partial charge in [-0.25, -0.2) is 0 Å². The van der Waals surface area contributed by atoms with Gasteiger partial charge in [0.2, 0.25) is 0 Å². The largest absolute Gasteiger partial charge is 0.392 e. The monoisotopic (exact) mass is 222 g/mol. The fraction of sp³-hybridized carbons (Fsp3) is 0.615. The molecule has 0 aliphatic rings. The van der Waals surface area contributed by atoms with E-state index in [1.807, 2.05) is 19.2 Å². The quantitative estimate of drug-likeness (QED) is 0.800. The first-order valence-corrected chi connectivity index (χ1v) is 5.94. The van der Waals surface area contributed by atoms with Crippen LogP contribution >= 0.6 is 0 Å². The van der Waals surface area contributed by atoms with E-state index in [1.165, 1.54) is 5.56 Å². The molecule has 3 nitrogen and oxygen atoms in total. The van der Waals surface area contributed by atoms with Gasteiger partial charge in [0, 0.05) is 31.5 Å². The minimum Gasteiger partial charge on any atom is -0.392 e. The Balaban J connectivity index is 2.58. The molecule has 1 atom stereocenters. The molecular formula is C13H22N2O. The first-order chi connectivity index (χ1) is 7.63. The van der Waals surface area contributed by atoms with Gasteiger partial charge in [0.25, 0.3) is 0 Å². The molecule has 0 saturated carbocycles. The highest BCUT2D eigenvalue weighted by Crippen LogP contribution is 2.08. The smallest absolute Gasteiger partial charge is 0.0664 e. The molecule has 0 amide bonds. The fourth-order valence-electron chi connectivity index (χ4n) is 1.58. The second-order valence-electron chi connectivity index (χ2n) is 4.45. The Bertz CT molecular complexity index is 287. The summed E-state index contributed by atoms with van der Waals surface area (Å²) in [6, 6.07) is 4.45. The van der Waals surface area contributed by atoms with Crippen molar-refractivity contribution in [3.63, 3.8) is 0 Å². The van der Waals surface area contributed by atoms with E-state index in [4.69, 9.17) is 0 Å². The van der Waals surface area contributed by atoms with Gasteiger partial charge in [0.05, 0.1) is 6.10 Å². The Kier molecular flexibility index (Phi) is 5.43. The number of nitrogens with zero attached hydrogens (tertiary/aromatic N) is 2. The number of hydrogen-bond donors (Lipinski definition) is 1. The van der Waals surface area contributed by atoms with Crippen LogP contribution in [0.25, 0.3) is 0 Å². The van der Waals surface area contributed by atoms with Gasteiger partial charge >= 0.3 is 0 Å². The maximum absolute atomic E-state index is 9.70. The van der Waals surface area contributed by atoms with Crippen molar-refractivity contribution in [3.05, 3.63) is 30.1 Å². The average molecular weight is 222 g/mol. The number of pyridine rings is 1. The molecule has 0 saturated heterocycles. The highest BCUT2D eigenvalue weighted by atomic mass is 16.3. The Labute approximate surface area is 98.1 Å². The number of aliphatic hydroxyl groups excluding tert-OH is 1. The number of hydrogen-bond acceptors (Lipinski definition) is 3. The van der Waals surface area contributed by atoms with Crippen LogP contribution in [0.3, 0.4) is 0 Å². The summed E-state index contributed by atoms with van der Waals surface area (Å²) in [6.07, 6.45) is 4.23. The Morgan fingerprint density at radius 1 is 1.44 bits per heavy atom. The van der Waals surface area contributed by atoms with E-state index in [9.17, 15) is 5.11 Å². The third-order valence-electron chi connectivity index (χ3n) is 2.76. The predicted octanol–water partition coefficient (Wildman–Crippen LogP) is 2.06. The number of rotatable bonds is 6. The maximum Gasteiger partial charge on any atom is 0.0664 e. The Morgan fingerprint density at radius 2 is 2.19 bits per heavy atom. The summed E-state index contributed by atoms with van der Waals surface area (Å²) in [5.41, 5.74) is 1.19. The third-order valence-corrected chi connectivity index (χ3v) is 2.76. The van der Waals surface area contributed by atoms with Crippen LogP contribution in [-0.2, 0) is 6.54 Å². The van der Waals surface area contributed by atoms with Gasteiger partial charge in [-0.05, 0) is 31.9 Å². The van der Waals surface area contributed by atoms with Crippen LogP contribution in [0, 0.1) is 0 Å². The molecule has 0 fully saturated rings. The lowest BCUT2D eigenvalue weighted by Crippen LogP contribution is -2.36. The van der Waals surface area contributed by atoms with Crippen molar-refractivity contribution in [2.75, 3.05) is 6.54 Å². The van der Waals surface area contributed by atoms with Crippen LogP contribution in [0.15, 0.2) is 24.5 Å². The highest BCUT2D eigenvalue weighted by Gasteiger charge is 2.13. The van der Waals surface area contributed by atoms with Crippen LogP contribution in [0.2, 0.25) is 0 Å². The summed E-state index contributed by atoms with van der Waals surface area (Å²) in [5, 5.41) is 9.70. The molecule has 1 aromatic heterocycles. The van der Waals surface area contributed by atoms with Gasteiger partial charge in [-0.15, -0.1) is 0 Å². The first-order valence-electron chi connectivity index (χ1n) is 5.94. The predicted molar refractivity (Wildman–Crippen MR) is 66.1 cm³/mol. The molecule has 0 aromatic carbocycles. The van der Waals surface area contributed by atoms with Gasteiger partial charge in [-0.3, -0.25) is 9.88 Å². The maximum atomic E-state index is 9.70. The molecule has 0 unspecified atom stereocenters. The van der Waals surface area contributed by atoms with Crippen LogP contribution in [0.4, 0.5) is 0 Å². The van der Waals surface area contributed by atoms with Crippen molar-refractivity contribution in [2.45, 2.75) is 45.9 Å². The topological polar surface area (TPSA) is 36.4 Å². The Hall–Kier alpha value is -0.930. The van der Waals surface area contributed by atoms with Gasteiger partial charge in [0.15, 0.2) is 0 Å². The normalized spacial score (nSPS) is 13.4. The lowest BCUT2D eigenvalue weighted by molar-refractivity contribution is 0.0881. The van der Waals surface area contributed by atoms with E-state index in [0.717, 1.165) is 19.5 Å². The molecule has 90 valence electrons. The molecule has 0 aliphatic heterocycles. The van der Waals surface area contributed by atoms with Crippen molar-refractivity contribution >= 4 is 0 Å². The number of aliphatic hydroxyl groups is 1. The molecule has 0 aliphatic carbocycles. The standard InChI is InChI=1S/C13H22N2O/c1-4-13(16)10-15(11(2)3)9-12-6-5-7-14-8-12/h5-8,11,13,16H,4,9-10H2,1-3H3/t13-/m1/s1. The van der Waals surface area contributed by atoms with Gasteiger partial charge in [-0.2, -0.15) is 0 Å². The summed E-state index contributed by atoms with van der Waals surface area (Å²) < 4.78 is 0. The second kappa shape index (κ2) is 6.61. The molecule has 16 heavy (non-hydrogen) atoms. The molecule has 1 N–H and O–H groups in total. The van der Waals surface area contributed by atoms with E-state index in [2.05, 4.69) is 29.8 Å². The summed E-state index contributed by atoms with van der Waals surface area (Å²) >= 11 is 0. The molecule has 3 heteroatoms. The van der Waals surface area contributed by atoms with Crippen molar-refractivity contribution in [1.29, 1.82) is 0 Å². The fourth-order valence-corrected chi connectivity index (χ4v) is 1.58. The Morgan fingerprint density at radius 3 is 2.69 bits per heavy atom. The minimum atomic E-state index is -0.237. The summed E-state index contributed by atoms with van der Waals surface area (Å²) in [4.78, 5) is 6.38. The number of aromatic nitrogens is 1. The molecule has 0 radical (unpaired) electrons. The van der Waals surface area contributed by atoms with Crippen molar-refractivity contribution < 1.29 is 5.11 Å². The molecule has 1 aromatic rings. The van der Waals surface area contributed by atoms with E-state index in [0.29, 0.717) is 6.04 Å². The van der Waals surface area contributed by atoms with Crippen molar-refractivity contribution in [1.82, 2.24) is 9.88 Å². The van der Waals surface area contributed by atoms with Crippen LogP contribution in [0.5, 0.6) is 0 Å². The first kappa shape index (κ1) is 13.1. The molecular weight excluding hydrogens is 200 g/mol. The van der Waals surface area contributed by atoms with E-state index in [1.54, 1.807) is 6.20 Å². The van der Waals surface area contributed by atoms with Crippen LogP contribution < -0.4 is 0 Å². The second-order valence-corrected chi connectivity index (χ2v) is 4.45. The van der Waals surface area contributed by atoms with Crippen molar-refractivity contribution in [2.24, 2.45) is 0 Å². The lowest BCUT2D eigenvalue weighted by Gasteiger charge is -2.28. The SMILES string of the molecule is CC[C@@H](O)CN(Cc1cccnc1)C(C)C. The van der Waals surface area contributed by atoms with Gasteiger partial charge < -0.3 is 5.11 Å². The summed E-state index contributed by atoms with van der Waals surface area (Å²) in [7, 11) is 0. The lowest BCUT2D eigenvalue weighted by atomic mass is 10.2. The van der Waals surface area contributed by atoms with Crippen molar-refractivity contribution in [3.8, 4) is 0 Å². The van der Waals surface area contributed by atoms with Crippen LogP contribution in [-0.4, -0.2) is 33.7 Å². The zero-order valence-electron chi connectivity index (χ0n) is 10.4. The summed E-state index contributed by atoms with van der Waals surface area (Å²) in [5.74, 6) is 0. The van der Waals surface area contributed by atoms with Crippen LogP contribution in [0.1, 0.15) is 32.8 Å². The molecule has 1 rings (SSSR count). The summed E-state index contributed by atoms with van der Waals surface area (Å²) in [6.45, 7) is 7.89. The van der Waals surface area contributed by atoms with E-state index < -0.39 is 0 Å². The average Bonchev–Trinajstić information content (AvgIpc) is 2.29. The molecule has 0 bridgehead atoms. The van der Waals surface area contributed by atoms with Gasteiger partial charge in [0.1, 0.15) is 0 Å².